The molecule has 0 bridgehead atoms. The predicted molar refractivity (Wildman–Crippen MR) is 84.6 cm³/mol. The van der Waals surface area contributed by atoms with Crippen LogP contribution < -0.4 is 10.1 Å². The van der Waals surface area contributed by atoms with E-state index in [0.29, 0.717) is 6.61 Å². The smallest absolute Gasteiger partial charge is 0.208 e. The number of methoxy groups -OCH3 is 2. The summed E-state index contributed by atoms with van der Waals surface area (Å²) in [7, 11) is 3.37. The average molecular weight is 289 g/mol. The Morgan fingerprint density at radius 2 is 2.05 bits per heavy atom. The average Bonchev–Trinajstić information content (AvgIpc) is 2.79. The highest BCUT2D eigenvalue weighted by Gasteiger charge is 2.12. The number of rotatable bonds is 6. The Morgan fingerprint density at radius 3 is 2.67 bits per heavy atom. The molecule has 114 valence electrons. The molecule has 0 aliphatic carbocycles. The van der Waals surface area contributed by atoms with Gasteiger partial charge < -0.3 is 14.8 Å². The molecule has 5 heteroatoms. The van der Waals surface area contributed by atoms with Gasteiger partial charge in [-0.05, 0) is 44.5 Å². The van der Waals surface area contributed by atoms with Crippen LogP contribution in [0.3, 0.4) is 0 Å². The number of aromatic nitrogens is 2. The second-order valence-electron chi connectivity index (χ2n) is 5.23. The van der Waals surface area contributed by atoms with Gasteiger partial charge in [-0.15, -0.1) is 0 Å². The van der Waals surface area contributed by atoms with Gasteiger partial charge in [-0.1, -0.05) is 0 Å². The third kappa shape index (κ3) is 3.55. The molecule has 21 heavy (non-hydrogen) atoms. The number of imidazole rings is 1. The van der Waals surface area contributed by atoms with Gasteiger partial charge in [0.1, 0.15) is 5.75 Å². The van der Waals surface area contributed by atoms with Gasteiger partial charge in [0.15, 0.2) is 0 Å². The van der Waals surface area contributed by atoms with E-state index in [1.165, 1.54) is 0 Å². The lowest BCUT2D eigenvalue weighted by Crippen LogP contribution is -2.23. The van der Waals surface area contributed by atoms with E-state index in [0.717, 1.165) is 28.6 Å². The van der Waals surface area contributed by atoms with Crippen molar-refractivity contribution in [3.05, 3.63) is 35.7 Å². The van der Waals surface area contributed by atoms with E-state index in [1.807, 2.05) is 31.3 Å². The van der Waals surface area contributed by atoms with E-state index in [9.17, 15) is 0 Å². The molecule has 1 heterocycles. The summed E-state index contributed by atoms with van der Waals surface area (Å²) in [6.45, 7) is 6.75. The molecule has 1 aromatic heterocycles. The van der Waals surface area contributed by atoms with Crippen molar-refractivity contribution in [2.45, 2.75) is 26.8 Å². The van der Waals surface area contributed by atoms with Crippen LogP contribution in [-0.4, -0.2) is 36.4 Å². The van der Waals surface area contributed by atoms with E-state index < -0.39 is 0 Å². The van der Waals surface area contributed by atoms with Crippen LogP contribution in [0, 0.1) is 13.8 Å². The fraction of sp³-hybridized carbons (Fsp3) is 0.438. The van der Waals surface area contributed by atoms with Gasteiger partial charge in [0.2, 0.25) is 5.95 Å². The van der Waals surface area contributed by atoms with Gasteiger partial charge in [-0.25, -0.2) is 4.98 Å². The Morgan fingerprint density at radius 1 is 1.29 bits per heavy atom. The van der Waals surface area contributed by atoms with Crippen molar-refractivity contribution in [3.63, 3.8) is 0 Å². The van der Waals surface area contributed by atoms with Crippen molar-refractivity contribution in [3.8, 4) is 11.4 Å². The van der Waals surface area contributed by atoms with E-state index in [1.54, 1.807) is 14.2 Å². The van der Waals surface area contributed by atoms with Gasteiger partial charge in [-0.3, -0.25) is 4.57 Å². The topological polar surface area (TPSA) is 48.3 Å². The molecular weight excluding hydrogens is 266 g/mol. The third-order valence-electron chi connectivity index (χ3n) is 3.28. The Kier molecular flexibility index (Phi) is 4.85. The summed E-state index contributed by atoms with van der Waals surface area (Å²) in [5, 5.41) is 3.38. The summed E-state index contributed by atoms with van der Waals surface area (Å²) in [6, 6.07) is 6.21. The Balaban J connectivity index is 2.35. The molecule has 5 nitrogen and oxygen atoms in total. The lowest BCUT2D eigenvalue weighted by molar-refractivity contribution is 0.190. The van der Waals surface area contributed by atoms with Crippen molar-refractivity contribution in [1.29, 1.82) is 0 Å². The monoisotopic (exact) mass is 289 g/mol. The maximum absolute atomic E-state index is 5.26. The number of hydrogen-bond donors (Lipinski definition) is 1. The van der Waals surface area contributed by atoms with Crippen molar-refractivity contribution in [1.82, 2.24) is 9.55 Å². The van der Waals surface area contributed by atoms with Gasteiger partial charge in [0, 0.05) is 19.3 Å². The number of ether oxygens (including phenoxy) is 2. The van der Waals surface area contributed by atoms with Crippen LogP contribution in [0.1, 0.15) is 18.2 Å². The SMILES string of the molecule is COCC(C)Nc1nc(C)cn1-c1ccc(OC)cc1C. The van der Waals surface area contributed by atoms with Crippen LogP contribution in [-0.2, 0) is 4.74 Å². The summed E-state index contributed by atoms with van der Waals surface area (Å²) in [5.74, 6) is 1.68. The maximum atomic E-state index is 5.26. The first-order valence-electron chi connectivity index (χ1n) is 7.01. The maximum Gasteiger partial charge on any atom is 0.208 e. The standard InChI is InChI=1S/C16H23N3O2/c1-11-8-14(21-5)6-7-15(11)19-9-12(2)17-16(19)18-13(3)10-20-4/h6-9,13H,10H2,1-5H3,(H,17,18). The third-order valence-corrected chi connectivity index (χ3v) is 3.28. The Bertz CT molecular complexity index is 608. The van der Waals surface area contributed by atoms with Crippen molar-refractivity contribution in [2.75, 3.05) is 26.1 Å². The van der Waals surface area contributed by atoms with E-state index in [-0.39, 0.29) is 6.04 Å². The van der Waals surface area contributed by atoms with Crippen LogP contribution in [0.5, 0.6) is 5.75 Å². The van der Waals surface area contributed by atoms with Crippen molar-refractivity contribution < 1.29 is 9.47 Å². The van der Waals surface area contributed by atoms with Crippen LogP contribution >= 0.6 is 0 Å². The second kappa shape index (κ2) is 6.63. The van der Waals surface area contributed by atoms with E-state index in [4.69, 9.17) is 9.47 Å². The molecule has 0 amide bonds. The molecule has 1 aromatic carbocycles. The Labute approximate surface area is 125 Å². The number of aryl methyl sites for hydroxylation is 2. The molecule has 1 atom stereocenters. The molecule has 0 radical (unpaired) electrons. The zero-order chi connectivity index (χ0) is 15.4. The molecule has 2 aromatic rings. The molecule has 0 aliphatic heterocycles. The minimum atomic E-state index is 0.189. The molecule has 0 spiro atoms. The molecule has 2 rings (SSSR count). The number of benzene rings is 1. The molecule has 0 saturated carbocycles. The van der Waals surface area contributed by atoms with Crippen LogP contribution in [0.2, 0.25) is 0 Å². The first kappa shape index (κ1) is 15.4. The van der Waals surface area contributed by atoms with Gasteiger partial charge >= 0.3 is 0 Å². The van der Waals surface area contributed by atoms with E-state index >= 15 is 0 Å². The highest BCUT2D eigenvalue weighted by Crippen LogP contribution is 2.24. The minimum Gasteiger partial charge on any atom is -0.497 e. The molecular formula is C16H23N3O2. The van der Waals surface area contributed by atoms with Gasteiger partial charge in [0.25, 0.3) is 0 Å². The Hall–Kier alpha value is -2.01. The second-order valence-corrected chi connectivity index (χ2v) is 5.23. The molecule has 0 saturated heterocycles. The lowest BCUT2D eigenvalue weighted by atomic mass is 10.2. The zero-order valence-corrected chi connectivity index (χ0v) is 13.3. The summed E-state index contributed by atoms with van der Waals surface area (Å²) >= 11 is 0. The quantitative estimate of drug-likeness (QED) is 0.888. The molecule has 0 aliphatic rings. The highest BCUT2D eigenvalue weighted by atomic mass is 16.5. The predicted octanol–water partition coefficient (Wildman–Crippen LogP) is 2.94. The first-order valence-corrected chi connectivity index (χ1v) is 7.01. The fourth-order valence-electron chi connectivity index (χ4n) is 2.32. The molecule has 0 fully saturated rings. The lowest BCUT2D eigenvalue weighted by Gasteiger charge is -2.16. The van der Waals surface area contributed by atoms with Crippen molar-refractivity contribution >= 4 is 5.95 Å². The fourth-order valence-corrected chi connectivity index (χ4v) is 2.32. The normalized spacial score (nSPS) is 12.2. The van der Waals surface area contributed by atoms with Crippen LogP contribution in [0.15, 0.2) is 24.4 Å². The van der Waals surface area contributed by atoms with E-state index in [2.05, 4.69) is 28.7 Å². The van der Waals surface area contributed by atoms with Crippen LogP contribution in [0.25, 0.3) is 5.69 Å². The number of nitrogens with zero attached hydrogens (tertiary/aromatic N) is 2. The number of anilines is 1. The highest BCUT2D eigenvalue weighted by molar-refractivity contribution is 5.50. The van der Waals surface area contributed by atoms with Gasteiger partial charge in [-0.2, -0.15) is 0 Å². The zero-order valence-electron chi connectivity index (χ0n) is 13.3. The number of hydrogen-bond acceptors (Lipinski definition) is 4. The summed E-state index contributed by atoms with van der Waals surface area (Å²) in [4.78, 5) is 4.56. The minimum absolute atomic E-state index is 0.189. The summed E-state index contributed by atoms with van der Waals surface area (Å²) in [5.41, 5.74) is 3.19. The van der Waals surface area contributed by atoms with Crippen molar-refractivity contribution in [2.24, 2.45) is 0 Å². The summed E-state index contributed by atoms with van der Waals surface area (Å²) < 4.78 is 12.5. The molecule has 1 N–H and O–H groups in total. The number of nitrogens with one attached hydrogen (secondary N) is 1. The largest absolute Gasteiger partial charge is 0.497 e. The first-order chi connectivity index (χ1) is 10.0. The van der Waals surface area contributed by atoms with Gasteiger partial charge in [0.05, 0.1) is 25.1 Å². The van der Waals surface area contributed by atoms with Crippen LogP contribution in [0.4, 0.5) is 5.95 Å². The summed E-state index contributed by atoms with van der Waals surface area (Å²) in [6.07, 6.45) is 2.02. The molecule has 1 unspecified atom stereocenters.